The van der Waals surface area contributed by atoms with Gasteiger partial charge in [0.05, 0.1) is 0 Å². The van der Waals surface area contributed by atoms with E-state index in [9.17, 15) is 0 Å². The zero-order valence-electron chi connectivity index (χ0n) is 12.9. The van der Waals surface area contributed by atoms with E-state index in [1.54, 1.807) is 0 Å². The third kappa shape index (κ3) is 5.74. The summed E-state index contributed by atoms with van der Waals surface area (Å²) in [5.41, 5.74) is 4.17. The molecule has 0 heterocycles. The van der Waals surface area contributed by atoms with Crippen molar-refractivity contribution in [2.24, 2.45) is 0 Å². The summed E-state index contributed by atoms with van der Waals surface area (Å²) in [6.07, 6.45) is 0. The van der Waals surface area contributed by atoms with Gasteiger partial charge in [0.2, 0.25) is 0 Å². The topological polar surface area (TPSA) is 0 Å². The quantitative estimate of drug-likeness (QED) is 0.623. The summed E-state index contributed by atoms with van der Waals surface area (Å²) in [5.74, 6) is 1.31. The number of aryl methyl sites for hydroxylation is 1. The Balaban J connectivity index is 0.000000191. The monoisotopic (exact) mass is 254 g/mol. The highest BCUT2D eigenvalue weighted by molar-refractivity contribution is 5.23. The molecule has 0 saturated carbocycles. The van der Waals surface area contributed by atoms with Gasteiger partial charge in [0.1, 0.15) is 0 Å². The summed E-state index contributed by atoms with van der Waals surface area (Å²) in [5, 5.41) is 0. The van der Waals surface area contributed by atoms with Crippen molar-refractivity contribution in [3.63, 3.8) is 0 Å². The highest BCUT2D eigenvalue weighted by atomic mass is 14.0. The van der Waals surface area contributed by atoms with Crippen LogP contribution < -0.4 is 0 Å². The van der Waals surface area contributed by atoms with Crippen molar-refractivity contribution in [2.45, 2.75) is 46.5 Å². The van der Waals surface area contributed by atoms with E-state index in [1.165, 1.54) is 16.7 Å². The first-order valence-corrected chi connectivity index (χ1v) is 7.12. The van der Waals surface area contributed by atoms with E-state index in [0.717, 1.165) is 0 Å². The molecule has 0 aliphatic heterocycles. The molecule has 0 atom stereocenters. The molecule has 0 bridgehead atoms. The van der Waals surface area contributed by atoms with Gasteiger partial charge in [-0.05, 0) is 29.9 Å². The van der Waals surface area contributed by atoms with Crippen LogP contribution in [0.25, 0.3) is 0 Å². The summed E-state index contributed by atoms with van der Waals surface area (Å²) in [6.45, 7) is 10.9. The van der Waals surface area contributed by atoms with Crippen molar-refractivity contribution in [1.82, 2.24) is 0 Å². The van der Waals surface area contributed by atoms with Crippen LogP contribution in [0.5, 0.6) is 0 Å². The van der Waals surface area contributed by atoms with Crippen molar-refractivity contribution in [3.05, 3.63) is 71.3 Å². The Morgan fingerprint density at radius 1 is 0.579 bits per heavy atom. The van der Waals surface area contributed by atoms with Gasteiger partial charge < -0.3 is 0 Å². The number of hydrogen-bond donors (Lipinski definition) is 0. The number of rotatable bonds is 2. The molecule has 2 rings (SSSR count). The summed E-state index contributed by atoms with van der Waals surface area (Å²) < 4.78 is 0. The maximum atomic E-state index is 2.21. The smallest absolute Gasteiger partial charge is 0.0219 e. The van der Waals surface area contributed by atoms with Gasteiger partial charge in [0.15, 0.2) is 0 Å². The fourth-order valence-corrected chi connectivity index (χ4v) is 1.79. The predicted octanol–water partition coefficient (Wildman–Crippen LogP) is 5.93. The Bertz CT molecular complexity index is 449. The second-order valence-electron chi connectivity index (χ2n) is 5.63. The van der Waals surface area contributed by atoms with Crippen LogP contribution in [-0.2, 0) is 0 Å². The minimum atomic E-state index is 0.653. The molecule has 0 unspecified atom stereocenters. The van der Waals surface area contributed by atoms with Crippen LogP contribution in [-0.4, -0.2) is 0 Å². The van der Waals surface area contributed by atoms with E-state index >= 15 is 0 Å². The van der Waals surface area contributed by atoms with E-state index in [-0.39, 0.29) is 0 Å². The van der Waals surface area contributed by atoms with Crippen LogP contribution in [0, 0.1) is 6.92 Å². The van der Waals surface area contributed by atoms with Gasteiger partial charge in [0.25, 0.3) is 0 Å². The molecule has 0 fully saturated rings. The van der Waals surface area contributed by atoms with Crippen LogP contribution in [0.15, 0.2) is 54.6 Å². The van der Waals surface area contributed by atoms with Gasteiger partial charge in [-0.2, -0.15) is 0 Å². The van der Waals surface area contributed by atoms with Crippen LogP contribution in [0.1, 0.15) is 56.2 Å². The molecule has 2 aromatic carbocycles. The van der Waals surface area contributed by atoms with Gasteiger partial charge in [0, 0.05) is 0 Å². The van der Waals surface area contributed by atoms with Crippen molar-refractivity contribution >= 4 is 0 Å². The molecule has 0 N–H and O–H groups in total. The van der Waals surface area contributed by atoms with E-state index in [4.69, 9.17) is 0 Å². The fourth-order valence-electron chi connectivity index (χ4n) is 1.79. The standard InChI is InChI=1S/C10H14.C9H12/c1-8(2)10-6-4-9(3)5-7-10;1-8(2)9-6-4-3-5-7-9/h4-8H,1-3H3;3-8H,1-2H3. The minimum Gasteiger partial charge on any atom is -0.0622 e. The lowest BCUT2D eigenvalue weighted by Crippen LogP contribution is -1.85. The molecule has 0 saturated heterocycles. The Labute approximate surface area is 118 Å². The third-order valence-corrected chi connectivity index (χ3v) is 3.21. The first-order valence-electron chi connectivity index (χ1n) is 7.12. The molecule has 0 radical (unpaired) electrons. The van der Waals surface area contributed by atoms with Crippen molar-refractivity contribution in [1.29, 1.82) is 0 Å². The van der Waals surface area contributed by atoms with Crippen molar-refractivity contribution in [2.75, 3.05) is 0 Å². The van der Waals surface area contributed by atoms with Crippen LogP contribution in [0.3, 0.4) is 0 Å². The molecule has 0 heteroatoms. The Hall–Kier alpha value is -1.56. The largest absolute Gasteiger partial charge is 0.0622 e. The summed E-state index contributed by atoms with van der Waals surface area (Å²) in [6, 6.07) is 19.2. The van der Waals surface area contributed by atoms with E-state index in [2.05, 4.69) is 83.1 Å². The van der Waals surface area contributed by atoms with Gasteiger partial charge in [-0.15, -0.1) is 0 Å². The molecular formula is C19H26. The molecule has 0 nitrogen and oxygen atoms in total. The molecule has 0 aliphatic carbocycles. The van der Waals surface area contributed by atoms with Crippen molar-refractivity contribution < 1.29 is 0 Å². The summed E-state index contributed by atoms with van der Waals surface area (Å²) in [4.78, 5) is 0. The van der Waals surface area contributed by atoms with Crippen molar-refractivity contribution in [3.8, 4) is 0 Å². The first kappa shape index (κ1) is 15.5. The lowest BCUT2D eigenvalue weighted by atomic mass is 10.0. The fraction of sp³-hybridized carbons (Fsp3) is 0.368. The summed E-state index contributed by atoms with van der Waals surface area (Å²) in [7, 11) is 0. The van der Waals surface area contributed by atoms with E-state index in [1.807, 2.05) is 6.07 Å². The lowest BCUT2D eigenvalue weighted by Gasteiger charge is -2.03. The van der Waals surface area contributed by atoms with Gasteiger partial charge in [-0.1, -0.05) is 87.9 Å². The Kier molecular flexibility index (Phi) is 6.35. The van der Waals surface area contributed by atoms with Gasteiger partial charge >= 0.3 is 0 Å². The first-order chi connectivity index (χ1) is 9.00. The SMILES string of the molecule is CC(C)c1ccccc1.Cc1ccc(C(C)C)cc1. The molecule has 19 heavy (non-hydrogen) atoms. The minimum absolute atomic E-state index is 0.653. The second kappa shape index (κ2) is 7.78. The van der Waals surface area contributed by atoms with Crippen LogP contribution >= 0.6 is 0 Å². The average Bonchev–Trinajstić information content (AvgIpc) is 2.41. The average molecular weight is 254 g/mol. The normalized spacial score (nSPS) is 10.3. The molecule has 0 spiro atoms. The second-order valence-corrected chi connectivity index (χ2v) is 5.63. The molecular weight excluding hydrogens is 228 g/mol. The number of hydrogen-bond acceptors (Lipinski definition) is 0. The van der Waals surface area contributed by atoms with Crippen LogP contribution in [0.2, 0.25) is 0 Å². The van der Waals surface area contributed by atoms with Gasteiger partial charge in [-0.3, -0.25) is 0 Å². The zero-order valence-corrected chi connectivity index (χ0v) is 12.9. The maximum Gasteiger partial charge on any atom is -0.0219 e. The molecule has 0 aliphatic rings. The third-order valence-electron chi connectivity index (χ3n) is 3.21. The Morgan fingerprint density at radius 2 is 1.00 bits per heavy atom. The van der Waals surface area contributed by atoms with E-state index < -0.39 is 0 Å². The predicted molar refractivity (Wildman–Crippen MR) is 85.8 cm³/mol. The van der Waals surface area contributed by atoms with Crippen LogP contribution in [0.4, 0.5) is 0 Å². The van der Waals surface area contributed by atoms with E-state index in [0.29, 0.717) is 11.8 Å². The maximum absolute atomic E-state index is 2.21. The summed E-state index contributed by atoms with van der Waals surface area (Å²) >= 11 is 0. The molecule has 102 valence electrons. The Morgan fingerprint density at radius 3 is 1.37 bits per heavy atom. The number of benzene rings is 2. The molecule has 0 aromatic heterocycles. The zero-order chi connectivity index (χ0) is 14.3. The highest BCUT2D eigenvalue weighted by Gasteiger charge is 1.95. The molecule has 2 aromatic rings. The van der Waals surface area contributed by atoms with Gasteiger partial charge in [-0.25, -0.2) is 0 Å². The molecule has 0 amide bonds. The lowest BCUT2D eigenvalue weighted by molar-refractivity contribution is 0.866. The highest BCUT2D eigenvalue weighted by Crippen LogP contribution is 2.13.